The summed E-state index contributed by atoms with van der Waals surface area (Å²) >= 11 is 5.73. The maximum absolute atomic E-state index is 11.7. The minimum atomic E-state index is -0.967. The molecule has 1 aromatic rings. The summed E-state index contributed by atoms with van der Waals surface area (Å²) in [6.07, 6.45) is -0.967. The van der Waals surface area contributed by atoms with Gasteiger partial charge in [0, 0.05) is 18.7 Å². The molecule has 1 atom stereocenters. The second kappa shape index (κ2) is 7.44. The molecule has 3 amide bonds. The maximum Gasteiger partial charge on any atom is 0.321 e. The molecule has 0 fully saturated rings. The van der Waals surface area contributed by atoms with Crippen molar-refractivity contribution in [1.29, 1.82) is 0 Å². The van der Waals surface area contributed by atoms with Crippen LogP contribution in [0.3, 0.4) is 0 Å². The first-order valence-corrected chi connectivity index (χ1v) is 6.42. The normalized spacial score (nSPS) is 11.4. The molecule has 0 aliphatic rings. The van der Waals surface area contributed by atoms with Crippen LogP contribution < -0.4 is 15.4 Å². The van der Waals surface area contributed by atoms with Crippen LogP contribution in [-0.4, -0.2) is 29.5 Å². The number of hydrogen-bond acceptors (Lipinski definition) is 5. The SMILES string of the molecule is CCNC(=O)NC(=O)C(C)Oc1ccc([N+](=O)[O-])c(Cl)c1. The highest BCUT2D eigenvalue weighted by Crippen LogP contribution is 2.28. The van der Waals surface area contributed by atoms with Gasteiger partial charge in [-0.1, -0.05) is 11.6 Å². The Balaban J connectivity index is 2.68. The lowest BCUT2D eigenvalue weighted by atomic mass is 10.3. The molecule has 1 aromatic carbocycles. The van der Waals surface area contributed by atoms with Gasteiger partial charge < -0.3 is 10.1 Å². The van der Waals surface area contributed by atoms with E-state index < -0.39 is 23.0 Å². The van der Waals surface area contributed by atoms with Gasteiger partial charge in [-0.25, -0.2) is 4.79 Å². The van der Waals surface area contributed by atoms with E-state index in [9.17, 15) is 19.7 Å². The Morgan fingerprint density at radius 1 is 1.48 bits per heavy atom. The first-order chi connectivity index (χ1) is 9.85. The van der Waals surface area contributed by atoms with Crippen LogP contribution in [0.25, 0.3) is 0 Å². The zero-order valence-electron chi connectivity index (χ0n) is 11.4. The minimum Gasteiger partial charge on any atom is -0.481 e. The largest absolute Gasteiger partial charge is 0.481 e. The predicted molar refractivity (Wildman–Crippen MR) is 75.4 cm³/mol. The summed E-state index contributed by atoms with van der Waals surface area (Å²) in [6.45, 7) is 3.53. The van der Waals surface area contributed by atoms with Gasteiger partial charge in [0.25, 0.3) is 11.6 Å². The molecule has 8 nitrogen and oxygen atoms in total. The standard InChI is InChI=1S/C12H14ClN3O5/c1-3-14-12(18)15-11(17)7(2)21-8-4-5-10(16(19)20)9(13)6-8/h4-7H,3H2,1-2H3,(H2,14,15,17,18). The van der Waals surface area contributed by atoms with Gasteiger partial charge in [-0.15, -0.1) is 0 Å². The van der Waals surface area contributed by atoms with Crippen molar-refractivity contribution in [3.05, 3.63) is 33.3 Å². The topological polar surface area (TPSA) is 111 Å². The van der Waals surface area contributed by atoms with Crippen LogP contribution in [-0.2, 0) is 4.79 Å². The van der Waals surface area contributed by atoms with Crippen LogP contribution in [0.5, 0.6) is 5.75 Å². The number of benzene rings is 1. The zero-order valence-corrected chi connectivity index (χ0v) is 12.1. The fourth-order valence-corrected chi connectivity index (χ4v) is 1.62. The number of carbonyl (C=O) groups excluding carboxylic acids is 2. The monoisotopic (exact) mass is 315 g/mol. The van der Waals surface area contributed by atoms with Gasteiger partial charge in [0.1, 0.15) is 10.8 Å². The summed E-state index contributed by atoms with van der Waals surface area (Å²) < 4.78 is 5.27. The van der Waals surface area contributed by atoms with Crippen molar-refractivity contribution in [3.63, 3.8) is 0 Å². The number of nitro groups is 1. The molecule has 2 N–H and O–H groups in total. The second-order valence-electron chi connectivity index (χ2n) is 3.98. The number of nitrogens with one attached hydrogen (secondary N) is 2. The van der Waals surface area contributed by atoms with Gasteiger partial charge in [-0.05, 0) is 19.9 Å². The molecule has 9 heteroatoms. The van der Waals surface area contributed by atoms with Crippen LogP contribution in [0.15, 0.2) is 18.2 Å². The van der Waals surface area contributed by atoms with Crippen molar-refractivity contribution >= 4 is 29.2 Å². The van der Waals surface area contributed by atoms with E-state index in [2.05, 4.69) is 10.6 Å². The molecule has 0 aliphatic carbocycles. The molecule has 1 rings (SSSR count). The van der Waals surface area contributed by atoms with Crippen LogP contribution in [0, 0.1) is 10.1 Å². The van der Waals surface area contributed by atoms with E-state index in [-0.39, 0.29) is 16.5 Å². The lowest BCUT2D eigenvalue weighted by Gasteiger charge is -2.14. The number of amides is 3. The van der Waals surface area contributed by atoms with Gasteiger partial charge >= 0.3 is 6.03 Å². The molecule has 0 spiro atoms. The van der Waals surface area contributed by atoms with E-state index >= 15 is 0 Å². The molecule has 0 aromatic heterocycles. The summed E-state index contributed by atoms with van der Waals surface area (Å²) in [7, 11) is 0. The highest BCUT2D eigenvalue weighted by molar-refractivity contribution is 6.32. The van der Waals surface area contributed by atoms with E-state index in [0.717, 1.165) is 0 Å². The third-order valence-corrected chi connectivity index (χ3v) is 2.67. The predicted octanol–water partition coefficient (Wildman–Crippen LogP) is 1.86. The van der Waals surface area contributed by atoms with E-state index in [1.807, 2.05) is 0 Å². The first-order valence-electron chi connectivity index (χ1n) is 6.04. The molecule has 1 unspecified atom stereocenters. The van der Waals surface area contributed by atoms with Crippen LogP contribution >= 0.6 is 11.6 Å². The van der Waals surface area contributed by atoms with Gasteiger partial charge in [0.15, 0.2) is 6.10 Å². The molecular weight excluding hydrogens is 302 g/mol. The van der Waals surface area contributed by atoms with Crippen molar-refractivity contribution < 1.29 is 19.2 Å². The lowest BCUT2D eigenvalue weighted by Crippen LogP contribution is -2.45. The van der Waals surface area contributed by atoms with Gasteiger partial charge in [-0.2, -0.15) is 0 Å². The highest BCUT2D eigenvalue weighted by Gasteiger charge is 2.19. The smallest absolute Gasteiger partial charge is 0.321 e. The molecular formula is C12H14ClN3O5. The molecule has 0 heterocycles. The van der Waals surface area contributed by atoms with Crippen molar-refractivity contribution in [2.75, 3.05) is 6.54 Å². The number of carbonyl (C=O) groups is 2. The maximum atomic E-state index is 11.7. The van der Waals surface area contributed by atoms with Gasteiger partial charge in [0.05, 0.1) is 4.92 Å². The average Bonchev–Trinajstić information content (AvgIpc) is 2.38. The number of imide groups is 1. The molecule has 0 bridgehead atoms. The van der Waals surface area contributed by atoms with E-state index in [4.69, 9.17) is 16.3 Å². The number of nitrogens with zero attached hydrogens (tertiary/aromatic N) is 1. The average molecular weight is 316 g/mol. The quantitative estimate of drug-likeness (QED) is 0.636. The Labute approximate surface area is 125 Å². The van der Waals surface area contributed by atoms with E-state index in [1.54, 1.807) is 6.92 Å². The molecule has 21 heavy (non-hydrogen) atoms. The minimum absolute atomic E-state index is 0.103. The van der Waals surface area contributed by atoms with Crippen molar-refractivity contribution in [2.24, 2.45) is 0 Å². The zero-order chi connectivity index (χ0) is 16.0. The molecule has 0 aliphatic heterocycles. The van der Waals surface area contributed by atoms with Crippen molar-refractivity contribution in [2.45, 2.75) is 20.0 Å². The Kier molecular flexibility index (Phi) is 5.92. The van der Waals surface area contributed by atoms with E-state index in [0.29, 0.717) is 6.54 Å². The van der Waals surface area contributed by atoms with Crippen molar-refractivity contribution in [1.82, 2.24) is 10.6 Å². The Hall–Kier alpha value is -2.35. The molecule has 0 saturated carbocycles. The van der Waals surface area contributed by atoms with Gasteiger partial charge in [0.2, 0.25) is 0 Å². The second-order valence-corrected chi connectivity index (χ2v) is 4.39. The Morgan fingerprint density at radius 3 is 2.67 bits per heavy atom. The van der Waals surface area contributed by atoms with Crippen LogP contribution in [0.1, 0.15) is 13.8 Å². The van der Waals surface area contributed by atoms with Gasteiger partial charge in [-0.3, -0.25) is 20.2 Å². The number of rotatable bonds is 5. The number of halogens is 1. The number of urea groups is 1. The highest BCUT2D eigenvalue weighted by atomic mass is 35.5. The Bertz CT molecular complexity index is 564. The summed E-state index contributed by atoms with van der Waals surface area (Å²) in [4.78, 5) is 32.8. The third kappa shape index (κ3) is 4.92. The Morgan fingerprint density at radius 2 is 2.14 bits per heavy atom. The summed E-state index contributed by atoms with van der Waals surface area (Å²) in [5, 5.41) is 15.0. The van der Waals surface area contributed by atoms with Crippen LogP contribution in [0.2, 0.25) is 5.02 Å². The fraction of sp³-hybridized carbons (Fsp3) is 0.333. The summed E-state index contributed by atoms with van der Waals surface area (Å²) in [6, 6.07) is 3.10. The summed E-state index contributed by atoms with van der Waals surface area (Å²) in [5.41, 5.74) is -0.261. The number of ether oxygens (including phenoxy) is 1. The van der Waals surface area contributed by atoms with E-state index in [1.165, 1.54) is 25.1 Å². The molecule has 0 radical (unpaired) electrons. The van der Waals surface area contributed by atoms with Crippen molar-refractivity contribution in [3.8, 4) is 5.75 Å². The summed E-state index contributed by atoms with van der Waals surface area (Å²) in [5.74, 6) is -0.459. The number of nitro benzene ring substituents is 1. The molecule has 0 saturated heterocycles. The van der Waals surface area contributed by atoms with Crippen LogP contribution in [0.4, 0.5) is 10.5 Å². The lowest BCUT2D eigenvalue weighted by molar-refractivity contribution is -0.384. The fourth-order valence-electron chi connectivity index (χ4n) is 1.38. The third-order valence-electron chi connectivity index (χ3n) is 2.37. The first kappa shape index (κ1) is 16.7. The number of hydrogen-bond donors (Lipinski definition) is 2. The molecule has 114 valence electrons.